The maximum absolute atomic E-state index is 13.9. The Morgan fingerprint density at radius 2 is 1.02 bits per heavy atom. The Bertz CT molecular complexity index is 3510. The molecule has 4 aromatic heterocycles. The summed E-state index contributed by atoms with van der Waals surface area (Å²) in [5.74, 6) is 1.32. The lowest BCUT2D eigenvalue weighted by Gasteiger charge is -2.35. The molecular formula is C60H77Cl3N14O10. The molecule has 0 unspecified atom stereocenters. The van der Waals surface area contributed by atoms with Crippen molar-refractivity contribution in [1.82, 2.24) is 49.6 Å². The van der Waals surface area contributed by atoms with Gasteiger partial charge in [0, 0.05) is 102 Å². The fourth-order valence-corrected chi connectivity index (χ4v) is 11.4. The minimum atomic E-state index is -0.773. The third-order valence-corrected chi connectivity index (χ3v) is 15.5. The largest absolute Gasteiger partial charge is 0.457 e. The number of benzene rings is 2. The second kappa shape index (κ2) is 27.9. The third kappa shape index (κ3) is 16.8. The average Bonchev–Trinajstić information content (AvgIpc) is 1.87. The van der Waals surface area contributed by atoms with E-state index in [2.05, 4.69) is 42.1 Å². The summed E-state index contributed by atoms with van der Waals surface area (Å²) in [7, 11) is 2.48. The van der Waals surface area contributed by atoms with Crippen LogP contribution in [-0.2, 0) is 18.9 Å². The number of ether oxygens (including phenoxy) is 4. The molecule has 4 aliphatic heterocycles. The van der Waals surface area contributed by atoms with Crippen molar-refractivity contribution in [1.29, 1.82) is 0 Å². The Balaban J connectivity index is 0.000000210. The zero-order valence-corrected chi connectivity index (χ0v) is 53.0. The van der Waals surface area contributed by atoms with Crippen LogP contribution in [0.25, 0.3) is 11.3 Å². The first kappa shape index (κ1) is 65.2. The maximum atomic E-state index is 13.9. The van der Waals surface area contributed by atoms with Gasteiger partial charge >= 0.3 is 23.7 Å². The molecule has 468 valence electrons. The lowest BCUT2D eigenvalue weighted by Crippen LogP contribution is -2.40. The Morgan fingerprint density at radius 1 is 0.586 bits per heavy atom. The highest BCUT2D eigenvalue weighted by molar-refractivity contribution is 6.61. The number of nitrogen functional groups attached to an aromatic ring is 1. The minimum Gasteiger partial charge on any atom is -0.457 e. The SMILES string of the molecule is COC(=O)Cl.COC(=O)Nc1ccc(Cl)cc1C(=O)N1CCCC[C@H]1c1cc2nc(N3CC[C@H](NC(=O)OC(C)(C)C)C3)c(C)cn2n1.Cc1cn2nc([C@@H]3CCCCN3C(=O)c3cc(Cl)ccc3N)cc2nc1N1CC[C@H](NC(=O)OC(C)(C)C)C1. The number of carbonyl (C=O) groups excluding carboxylic acids is 6. The molecule has 0 bridgehead atoms. The number of hydrogen-bond donors (Lipinski definition) is 4. The summed E-state index contributed by atoms with van der Waals surface area (Å²) in [6.07, 6.45) is 9.29. The van der Waals surface area contributed by atoms with E-state index < -0.39 is 34.9 Å². The fraction of sp³-hybridized carbons (Fsp3) is 0.500. The quantitative estimate of drug-likeness (QED) is 0.0595. The lowest BCUT2D eigenvalue weighted by atomic mass is 9.98. The molecule has 10 rings (SSSR count). The van der Waals surface area contributed by atoms with Crippen LogP contribution in [0.4, 0.5) is 42.2 Å². The van der Waals surface area contributed by atoms with E-state index in [0.717, 1.165) is 104 Å². The number of fused-ring (bicyclic) bond motifs is 2. The summed E-state index contributed by atoms with van der Waals surface area (Å²) in [6, 6.07) is 13.1. The van der Waals surface area contributed by atoms with Crippen LogP contribution in [0.15, 0.2) is 60.9 Å². The summed E-state index contributed by atoms with van der Waals surface area (Å²) in [5.41, 5.74) is 10.6. The topological polar surface area (TPSA) is 275 Å². The zero-order chi connectivity index (χ0) is 63.1. The molecule has 8 heterocycles. The van der Waals surface area contributed by atoms with Gasteiger partial charge in [0.25, 0.3) is 11.8 Å². The minimum absolute atomic E-state index is 0.0153. The number of rotatable bonds is 9. The van der Waals surface area contributed by atoms with Crippen molar-refractivity contribution in [2.45, 2.75) is 142 Å². The number of alkyl carbamates (subject to hydrolysis) is 2. The molecule has 87 heavy (non-hydrogen) atoms. The fourth-order valence-electron chi connectivity index (χ4n) is 11.0. The number of nitrogens with zero attached hydrogens (tertiary/aromatic N) is 10. The van der Waals surface area contributed by atoms with E-state index in [4.69, 9.17) is 63.3 Å². The van der Waals surface area contributed by atoms with Crippen molar-refractivity contribution in [2.24, 2.45) is 0 Å². The van der Waals surface area contributed by atoms with Gasteiger partial charge in [-0.25, -0.2) is 38.2 Å². The van der Waals surface area contributed by atoms with E-state index in [-0.39, 0.29) is 41.5 Å². The molecule has 24 nitrogen and oxygen atoms in total. The number of carbonyl (C=O) groups is 6. The van der Waals surface area contributed by atoms with E-state index >= 15 is 0 Å². The predicted molar refractivity (Wildman–Crippen MR) is 332 cm³/mol. The molecule has 0 radical (unpaired) electrons. The van der Waals surface area contributed by atoms with E-state index in [9.17, 15) is 28.8 Å². The number of piperidine rings is 2. The van der Waals surface area contributed by atoms with Crippen molar-refractivity contribution in [3.8, 4) is 0 Å². The molecule has 0 saturated carbocycles. The van der Waals surface area contributed by atoms with Crippen LogP contribution >= 0.6 is 34.8 Å². The van der Waals surface area contributed by atoms with Crippen LogP contribution in [0.2, 0.25) is 10.0 Å². The number of methoxy groups -OCH3 is 2. The van der Waals surface area contributed by atoms with Crippen molar-refractivity contribution in [2.75, 3.05) is 74.3 Å². The van der Waals surface area contributed by atoms with Crippen molar-refractivity contribution < 1.29 is 47.7 Å². The maximum Gasteiger partial charge on any atom is 0.411 e. The van der Waals surface area contributed by atoms with Crippen LogP contribution in [0.1, 0.15) is 148 Å². The molecule has 27 heteroatoms. The van der Waals surface area contributed by atoms with Gasteiger partial charge in [0.15, 0.2) is 11.3 Å². The number of anilines is 4. The highest BCUT2D eigenvalue weighted by atomic mass is 35.5. The van der Waals surface area contributed by atoms with Crippen LogP contribution in [0, 0.1) is 13.8 Å². The Morgan fingerprint density at radius 3 is 1.46 bits per heavy atom. The van der Waals surface area contributed by atoms with Gasteiger partial charge in [-0.15, -0.1) is 0 Å². The molecule has 5 amide bonds. The molecular weight excluding hydrogens is 1180 g/mol. The first-order chi connectivity index (χ1) is 41.2. The highest BCUT2D eigenvalue weighted by Crippen LogP contribution is 2.37. The Kier molecular flexibility index (Phi) is 20.9. The number of nitrogens with two attached hydrogens (primary N) is 1. The molecule has 4 aliphatic rings. The monoisotopic (exact) mass is 1260 g/mol. The van der Waals surface area contributed by atoms with Gasteiger partial charge in [0.2, 0.25) is 0 Å². The van der Waals surface area contributed by atoms with Gasteiger partial charge in [0.1, 0.15) is 22.8 Å². The molecule has 0 spiro atoms. The van der Waals surface area contributed by atoms with Gasteiger partial charge < -0.3 is 54.9 Å². The first-order valence-electron chi connectivity index (χ1n) is 28.9. The van der Waals surface area contributed by atoms with Gasteiger partial charge in [-0.05, 0) is 143 Å². The summed E-state index contributed by atoms with van der Waals surface area (Å²) in [6.45, 7) is 19.0. The van der Waals surface area contributed by atoms with E-state index in [1.807, 2.05) is 84.8 Å². The molecule has 4 atom stereocenters. The number of aryl methyl sites for hydroxylation is 2. The number of amides is 5. The van der Waals surface area contributed by atoms with Gasteiger partial charge in [0.05, 0.1) is 66.6 Å². The van der Waals surface area contributed by atoms with Crippen molar-refractivity contribution >= 4 is 105 Å². The van der Waals surface area contributed by atoms with Crippen molar-refractivity contribution in [3.05, 3.63) is 105 Å². The Labute approximate surface area is 520 Å². The van der Waals surface area contributed by atoms with E-state index in [1.165, 1.54) is 14.2 Å². The number of halogens is 3. The van der Waals surface area contributed by atoms with Gasteiger partial charge in [-0.1, -0.05) is 23.2 Å². The average molecular weight is 1260 g/mol. The second-order valence-corrected chi connectivity index (χ2v) is 25.1. The molecule has 0 aliphatic carbocycles. The summed E-state index contributed by atoms with van der Waals surface area (Å²) in [4.78, 5) is 91.1. The van der Waals surface area contributed by atoms with Crippen LogP contribution in [-0.4, -0.2) is 151 Å². The molecule has 4 fully saturated rings. The van der Waals surface area contributed by atoms with E-state index in [0.29, 0.717) is 58.8 Å². The zero-order valence-electron chi connectivity index (χ0n) is 50.7. The normalized spacial score (nSPS) is 18.7. The third-order valence-electron chi connectivity index (χ3n) is 14.9. The van der Waals surface area contributed by atoms with Gasteiger partial charge in [-0.2, -0.15) is 10.2 Å². The second-order valence-electron chi connectivity index (χ2n) is 23.9. The van der Waals surface area contributed by atoms with Crippen molar-refractivity contribution in [3.63, 3.8) is 0 Å². The smallest absolute Gasteiger partial charge is 0.411 e. The van der Waals surface area contributed by atoms with Crippen LogP contribution < -0.4 is 31.5 Å². The summed E-state index contributed by atoms with van der Waals surface area (Å²) < 4.78 is 23.0. The number of aromatic nitrogens is 6. The Hall–Kier alpha value is -7.83. The number of likely N-dealkylation sites (tertiary alicyclic amines) is 2. The standard InChI is InChI=1S/C30H38ClN7O5.C28H36ClN7O3.C2H3ClO2/c1-18-16-38-25(34-26(18)36-13-11-20(17-36)32-29(41)43-30(2,3)4)15-23(35-38)24-8-6-7-12-37(24)27(39)21-14-19(31)9-10-22(21)33-28(40)42-5;1-17-15-36-24(32-25(17)34-12-10-19(16-34)31-27(38)39-28(2,3)4)14-22(33-36)23-7-5-6-11-35(23)26(37)20-13-18(29)8-9-21(20)30;1-5-2(3)4/h9-10,14-16,20,24H,6-8,11-13,17H2,1-5H3,(H,32,41)(H,33,40);8-9,13-15,19,23H,5-7,10-12,16,30H2,1-4H3,(H,31,38);1H3/t20-,24-;19-,23-;/m00./s1. The molecule has 6 aromatic rings. The van der Waals surface area contributed by atoms with E-state index in [1.54, 1.807) is 50.3 Å². The lowest BCUT2D eigenvalue weighted by molar-refractivity contribution is 0.0497. The first-order valence-corrected chi connectivity index (χ1v) is 30.1. The summed E-state index contributed by atoms with van der Waals surface area (Å²) >= 11 is 17.0. The molecule has 2 aromatic carbocycles. The predicted octanol–water partition coefficient (Wildman–Crippen LogP) is 11.1. The summed E-state index contributed by atoms with van der Waals surface area (Å²) in [5, 5.41) is 19.1. The highest BCUT2D eigenvalue weighted by Gasteiger charge is 2.36. The number of nitrogens with one attached hydrogen (secondary N) is 3. The number of hydrogen-bond acceptors (Lipinski definition) is 17. The molecule has 4 saturated heterocycles. The molecule has 5 N–H and O–H groups in total. The van der Waals surface area contributed by atoms with Gasteiger partial charge in [-0.3, -0.25) is 14.9 Å². The van der Waals surface area contributed by atoms with Crippen LogP contribution in [0.3, 0.4) is 0 Å². The van der Waals surface area contributed by atoms with Crippen LogP contribution in [0.5, 0.6) is 0 Å².